The molecule has 18 heavy (non-hydrogen) atoms. The Balaban J connectivity index is 2.11. The van der Waals surface area contributed by atoms with Crippen LogP contribution in [0, 0.1) is 5.41 Å². The average molecular weight is 251 g/mol. The summed E-state index contributed by atoms with van der Waals surface area (Å²) < 4.78 is 10.5. The summed E-state index contributed by atoms with van der Waals surface area (Å²) in [5, 5.41) is 13.2. The zero-order valence-electron chi connectivity index (χ0n) is 11.4. The van der Waals surface area contributed by atoms with Crippen LogP contribution in [0.3, 0.4) is 0 Å². The highest BCUT2D eigenvalue weighted by molar-refractivity contribution is 5.55. The Morgan fingerprint density at radius 3 is 2.39 bits per heavy atom. The summed E-state index contributed by atoms with van der Waals surface area (Å²) in [6, 6.07) is 6.04. The zero-order chi connectivity index (χ0) is 13.3. The maximum atomic E-state index is 9.72. The molecule has 1 aromatic carbocycles. The monoisotopic (exact) mass is 251 g/mol. The van der Waals surface area contributed by atoms with Crippen LogP contribution in [-0.4, -0.2) is 31.5 Å². The third-order valence-corrected chi connectivity index (χ3v) is 3.94. The van der Waals surface area contributed by atoms with Crippen LogP contribution < -0.4 is 14.8 Å². The van der Waals surface area contributed by atoms with E-state index in [9.17, 15) is 5.11 Å². The molecule has 4 heteroatoms. The van der Waals surface area contributed by atoms with Gasteiger partial charge in [0.15, 0.2) is 11.5 Å². The Bertz CT molecular complexity index is 431. The van der Waals surface area contributed by atoms with Crippen LogP contribution >= 0.6 is 0 Å². The second-order valence-electron chi connectivity index (χ2n) is 5.34. The van der Waals surface area contributed by atoms with Crippen molar-refractivity contribution in [3.8, 4) is 11.5 Å². The van der Waals surface area contributed by atoms with Crippen LogP contribution in [0.5, 0.6) is 11.5 Å². The van der Waals surface area contributed by atoms with E-state index in [4.69, 9.17) is 9.47 Å². The molecule has 2 atom stereocenters. The Kier molecular flexibility index (Phi) is 3.39. The molecule has 2 unspecified atom stereocenters. The van der Waals surface area contributed by atoms with Gasteiger partial charge < -0.3 is 19.9 Å². The van der Waals surface area contributed by atoms with Crippen LogP contribution in [0.1, 0.15) is 20.3 Å². The number of hydrogen-bond donors (Lipinski definition) is 2. The van der Waals surface area contributed by atoms with E-state index in [0.717, 1.165) is 17.9 Å². The van der Waals surface area contributed by atoms with E-state index in [1.165, 1.54) is 0 Å². The highest BCUT2D eigenvalue weighted by atomic mass is 16.5. The molecule has 1 fully saturated rings. The lowest BCUT2D eigenvalue weighted by atomic mass is 9.64. The van der Waals surface area contributed by atoms with Gasteiger partial charge in [0.05, 0.1) is 20.3 Å². The third-order valence-electron chi connectivity index (χ3n) is 3.94. The molecular formula is C14H21NO3. The fourth-order valence-corrected chi connectivity index (χ4v) is 2.27. The number of aliphatic hydroxyl groups excluding tert-OH is 1. The molecule has 1 aliphatic rings. The van der Waals surface area contributed by atoms with Crippen molar-refractivity contribution in [3.05, 3.63) is 18.2 Å². The minimum Gasteiger partial charge on any atom is -0.493 e. The Morgan fingerprint density at radius 2 is 1.89 bits per heavy atom. The number of ether oxygens (including phenoxy) is 2. The number of methoxy groups -OCH3 is 2. The molecule has 1 aromatic rings. The Morgan fingerprint density at radius 1 is 1.22 bits per heavy atom. The van der Waals surface area contributed by atoms with Gasteiger partial charge >= 0.3 is 0 Å². The fourth-order valence-electron chi connectivity index (χ4n) is 2.27. The summed E-state index contributed by atoms with van der Waals surface area (Å²) in [6.45, 7) is 4.14. The molecule has 0 aliphatic heterocycles. The smallest absolute Gasteiger partial charge is 0.162 e. The van der Waals surface area contributed by atoms with Gasteiger partial charge in [-0.05, 0) is 18.6 Å². The Labute approximate surface area is 108 Å². The van der Waals surface area contributed by atoms with Crippen molar-refractivity contribution in [1.29, 1.82) is 0 Å². The van der Waals surface area contributed by atoms with E-state index in [-0.39, 0.29) is 17.6 Å². The first-order valence-electron chi connectivity index (χ1n) is 6.15. The molecule has 1 saturated carbocycles. The maximum Gasteiger partial charge on any atom is 0.162 e. The molecule has 0 spiro atoms. The maximum absolute atomic E-state index is 9.72. The van der Waals surface area contributed by atoms with E-state index in [1.54, 1.807) is 14.2 Å². The van der Waals surface area contributed by atoms with Gasteiger partial charge in [0.1, 0.15) is 0 Å². The number of aliphatic hydroxyl groups is 1. The van der Waals surface area contributed by atoms with E-state index in [1.807, 2.05) is 18.2 Å². The molecule has 1 aliphatic carbocycles. The predicted octanol–water partition coefficient (Wildman–Crippen LogP) is 2.28. The summed E-state index contributed by atoms with van der Waals surface area (Å²) in [7, 11) is 3.25. The molecule has 2 rings (SSSR count). The normalized spacial score (nSPS) is 25.2. The van der Waals surface area contributed by atoms with E-state index in [2.05, 4.69) is 19.2 Å². The van der Waals surface area contributed by atoms with Gasteiger partial charge in [0.2, 0.25) is 0 Å². The van der Waals surface area contributed by atoms with Crippen LogP contribution in [0.25, 0.3) is 0 Å². The van der Waals surface area contributed by atoms with Crippen molar-refractivity contribution >= 4 is 5.69 Å². The van der Waals surface area contributed by atoms with Gasteiger partial charge in [-0.3, -0.25) is 0 Å². The van der Waals surface area contributed by atoms with Gasteiger partial charge in [-0.15, -0.1) is 0 Å². The number of anilines is 1. The van der Waals surface area contributed by atoms with Crippen LogP contribution in [0.2, 0.25) is 0 Å². The number of nitrogens with one attached hydrogen (secondary N) is 1. The average Bonchev–Trinajstić information content (AvgIpc) is 2.38. The zero-order valence-corrected chi connectivity index (χ0v) is 11.4. The molecule has 4 nitrogen and oxygen atoms in total. The van der Waals surface area contributed by atoms with Gasteiger partial charge in [-0.25, -0.2) is 0 Å². The van der Waals surface area contributed by atoms with Gasteiger partial charge in [-0.2, -0.15) is 0 Å². The van der Waals surface area contributed by atoms with Crippen molar-refractivity contribution in [2.75, 3.05) is 19.5 Å². The molecule has 0 saturated heterocycles. The fraction of sp³-hybridized carbons (Fsp3) is 0.571. The minimum atomic E-state index is -0.227. The van der Waals surface area contributed by atoms with Crippen LogP contribution in [0.4, 0.5) is 5.69 Å². The molecular weight excluding hydrogens is 230 g/mol. The SMILES string of the molecule is COc1ccc(NC2CC(O)C2(C)C)cc1OC. The van der Waals surface area contributed by atoms with E-state index >= 15 is 0 Å². The lowest BCUT2D eigenvalue weighted by molar-refractivity contribution is -0.0510. The summed E-state index contributed by atoms with van der Waals surface area (Å²) >= 11 is 0. The molecule has 0 amide bonds. The number of hydrogen-bond acceptors (Lipinski definition) is 4. The Hall–Kier alpha value is -1.42. The lowest BCUT2D eigenvalue weighted by Crippen LogP contribution is -2.56. The molecule has 0 radical (unpaired) electrons. The first-order chi connectivity index (χ1) is 8.48. The lowest BCUT2D eigenvalue weighted by Gasteiger charge is -2.49. The van der Waals surface area contributed by atoms with Crippen molar-refractivity contribution in [2.45, 2.75) is 32.4 Å². The summed E-state index contributed by atoms with van der Waals surface area (Å²) in [4.78, 5) is 0. The third kappa shape index (κ3) is 2.12. The predicted molar refractivity (Wildman–Crippen MR) is 71.4 cm³/mol. The molecule has 100 valence electrons. The van der Waals surface area contributed by atoms with Gasteiger partial charge in [0, 0.05) is 23.2 Å². The molecule has 0 heterocycles. The number of rotatable bonds is 4. The first kappa shape index (κ1) is 13.0. The standard InChI is InChI=1S/C14H21NO3/c1-14(2)12(8-13(14)16)15-9-5-6-10(17-3)11(7-9)18-4/h5-7,12-13,15-16H,8H2,1-4H3. The first-order valence-corrected chi connectivity index (χ1v) is 6.15. The molecule has 0 bridgehead atoms. The van der Waals surface area contributed by atoms with Crippen molar-refractivity contribution in [3.63, 3.8) is 0 Å². The van der Waals surface area contributed by atoms with Crippen molar-refractivity contribution in [1.82, 2.24) is 0 Å². The van der Waals surface area contributed by atoms with Gasteiger partial charge in [0.25, 0.3) is 0 Å². The van der Waals surface area contributed by atoms with E-state index in [0.29, 0.717) is 5.75 Å². The van der Waals surface area contributed by atoms with Crippen LogP contribution in [-0.2, 0) is 0 Å². The topological polar surface area (TPSA) is 50.7 Å². The van der Waals surface area contributed by atoms with E-state index < -0.39 is 0 Å². The number of benzene rings is 1. The van der Waals surface area contributed by atoms with Crippen molar-refractivity contribution < 1.29 is 14.6 Å². The highest BCUT2D eigenvalue weighted by Crippen LogP contribution is 2.42. The van der Waals surface area contributed by atoms with Crippen molar-refractivity contribution in [2.24, 2.45) is 5.41 Å². The minimum absolute atomic E-state index is 0.0901. The quantitative estimate of drug-likeness (QED) is 0.862. The van der Waals surface area contributed by atoms with Crippen LogP contribution in [0.15, 0.2) is 18.2 Å². The molecule has 2 N–H and O–H groups in total. The summed E-state index contributed by atoms with van der Waals surface area (Å²) in [5.41, 5.74) is 0.894. The molecule has 0 aromatic heterocycles. The second-order valence-corrected chi connectivity index (χ2v) is 5.34. The van der Waals surface area contributed by atoms with Gasteiger partial charge in [-0.1, -0.05) is 13.8 Å². The second kappa shape index (κ2) is 4.69. The largest absolute Gasteiger partial charge is 0.493 e. The summed E-state index contributed by atoms with van der Waals surface area (Å²) in [6.07, 6.45) is 0.552. The summed E-state index contributed by atoms with van der Waals surface area (Å²) in [5.74, 6) is 1.43. The highest BCUT2D eigenvalue weighted by Gasteiger charge is 2.47.